The van der Waals surface area contributed by atoms with Gasteiger partial charge in [0.05, 0.1) is 0 Å². The Hall–Kier alpha value is -3.28. The van der Waals surface area contributed by atoms with E-state index in [9.17, 15) is 9.18 Å². The molecule has 0 radical (unpaired) electrons. The summed E-state index contributed by atoms with van der Waals surface area (Å²) in [5.74, 6) is 0.0912. The Labute approximate surface area is 164 Å². The van der Waals surface area contributed by atoms with E-state index in [4.69, 9.17) is 0 Å². The summed E-state index contributed by atoms with van der Waals surface area (Å²) < 4.78 is 13.7. The predicted octanol–water partition coefficient (Wildman–Crippen LogP) is 4.65. The molecule has 2 N–H and O–H groups in total. The minimum absolute atomic E-state index is 0.234. The van der Waals surface area contributed by atoms with E-state index >= 15 is 0 Å². The Morgan fingerprint density at radius 3 is 2.61 bits per heavy atom. The fourth-order valence-electron chi connectivity index (χ4n) is 2.88. The zero-order valence-corrected chi connectivity index (χ0v) is 15.9. The van der Waals surface area contributed by atoms with Crippen molar-refractivity contribution in [3.8, 4) is 0 Å². The molecular weight excluding hydrogens is 355 g/mol. The number of hydrogen-bond acceptors (Lipinski definition) is 4. The van der Waals surface area contributed by atoms with Crippen molar-refractivity contribution >= 4 is 17.5 Å². The SMILES string of the molecule is CC(C)c1ccccc1NC(=O)c1ccnc(NCCc2ccccc2F)n1. The van der Waals surface area contributed by atoms with Crippen LogP contribution in [0.2, 0.25) is 0 Å². The highest BCUT2D eigenvalue weighted by molar-refractivity contribution is 6.03. The number of nitrogens with one attached hydrogen (secondary N) is 2. The Morgan fingerprint density at radius 1 is 1.07 bits per heavy atom. The number of carbonyl (C=O) groups is 1. The molecule has 0 unspecified atom stereocenters. The Balaban J connectivity index is 1.64. The first-order valence-electron chi connectivity index (χ1n) is 9.25. The average Bonchev–Trinajstić information content (AvgIpc) is 2.70. The number of nitrogens with zero attached hydrogens (tertiary/aromatic N) is 2. The summed E-state index contributed by atoms with van der Waals surface area (Å²) in [6, 6.07) is 15.9. The molecule has 3 aromatic rings. The van der Waals surface area contributed by atoms with Crippen LogP contribution in [0.3, 0.4) is 0 Å². The minimum Gasteiger partial charge on any atom is -0.354 e. The summed E-state index contributed by atoms with van der Waals surface area (Å²) in [4.78, 5) is 21.0. The lowest BCUT2D eigenvalue weighted by Crippen LogP contribution is -2.17. The maximum absolute atomic E-state index is 13.7. The lowest BCUT2D eigenvalue weighted by atomic mass is 10.0. The van der Waals surface area contributed by atoms with Crippen molar-refractivity contribution in [1.82, 2.24) is 9.97 Å². The fraction of sp³-hybridized carbons (Fsp3) is 0.227. The van der Waals surface area contributed by atoms with E-state index < -0.39 is 0 Å². The molecule has 0 bridgehead atoms. The van der Waals surface area contributed by atoms with Gasteiger partial charge in [-0.25, -0.2) is 14.4 Å². The lowest BCUT2D eigenvalue weighted by molar-refractivity contribution is 0.102. The third-order valence-corrected chi connectivity index (χ3v) is 4.35. The Bertz CT molecular complexity index is 959. The van der Waals surface area contributed by atoms with E-state index in [1.165, 1.54) is 12.3 Å². The predicted molar refractivity (Wildman–Crippen MR) is 109 cm³/mol. The van der Waals surface area contributed by atoms with Crippen LogP contribution in [0, 0.1) is 5.82 Å². The number of benzene rings is 2. The highest BCUT2D eigenvalue weighted by atomic mass is 19.1. The lowest BCUT2D eigenvalue weighted by Gasteiger charge is -2.13. The number of carbonyl (C=O) groups excluding carboxylic acids is 1. The molecule has 1 aromatic heterocycles. The topological polar surface area (TPSA) is 66.9 Å². The van der Waals surface area contributed by atoms with Gasteiger partial charge in [-0.2, -0.15) is 0 Å². The minimum atomic E-state index is -0.298. The molecule has 0 saturated heterocycles. The standard InChI is InChI=1S/C22H23FN4O/c1-15(2)17-8-4-6-10-19(17)26-21(28)20-12-14-25-22(27-20)24-13-11-16-7-3-5-9-18(16)23/h3-10,12,14-15H,11,13H2,1-2H3,(H,26,28)(H,24,25,27). The van der Waals surface area contributed by atoms with E-state index in [-0.39, 0.29) is 23.3 Å². The molecule has 0 atom stereocenters. The van der Waals surface area contributed by atoms with Gasteiger partial charge in [-0.05, 0) is 41.7 Å². The number of anilines is 2. The summed E-state index contributed by atoms with van der Waals surface area (Å²) in [6.07, 6.45) is 2.02. The molecule has 1 amide bonds. The van der Waals surface area contributed by atoms with Crippen LogP contribution in [0.15, 0.2) is 60.8 Å². The first kappa shape index (κ1) is 19.5. The molecule has 28 heavy (non-hydrogen) atoms. The van der Waals surface area contributed by atoms with Crippen LogP contribution in [0.4, 0.5) is 16.0 Å². The molecule has 0 aliphatic rings. The molecular formula is C22H23FN4O. The normalized spacial score (nSPS) is 10.7. The largest absolute Gasteiger partial charge is 0.354 e. The number of para-hydroxylation sites is 1. The highest BCUT2D eigenvalue weighted by Gasteiger charge is 2.13. The van der Waals surface area contributed by atoms with Gasteiger partial charge in [0.15, 0.2) is 0 Å². The van der Waals surface area contributed by atoms with E-state index in [2.05, 4.69) is 34.4 Å². The first-order valence-corrected chi connectivity index (χ1v) is 9.25. The second-order valence-electron chi connectivity index (χ2n) is 6.73. The molecule has 0 saturated carbocycles. The smallest absolute Gasteiger partial charge is 0.274 e. The maximum atomic E-state index is 13.7. The van der Waals surface area contributed by atoms with E-state index in [1.54, 1.807) is 24.3 Å². The van der Waals surface area contributed by atoms with E-state index in [0.29, 0.717) is 24.5 Å². The molecule has 2 aromatic carbocycles. The van der Waals surface area contributed by atoms with Crippen LogP contribution in [-0.4, -0.2) is 22.4 Å². The van der Waals surface area contributed by atoms with Gasteiger partial charge in [0.2, 0.25) is 5.95 Å². The highest BCUT2D eigenvalue weighted by Crippen LogP contribution is 2.24. The van der Waals surface area contributed by atoms with Gasteiger partial charge in [0.1, 0.15) is 11.5 Å². The van der Waals surface area contributed by atoms with Crippen LogP contribution in [0.5, 0.6) is 0 Å². The Kier molecular flexibility index (Phi) is 6.32. The molecule has 144 valence electrons. The van der Waals surface area contributed by atoms with Gasteiger partial charge < -0.3 is 10.6 Å². The van der Waals surface area contributed by atoms with Gasteiger partial charge in [0.25, 0.3) is 5.91 Å². The fourth-order valence-corrected chi connectivity index (χ4v) is 2.88. The van der Waals surface area contributed by atoms with E-state index in [1.807, 2.05) is 24.3 Å². The number of amides is 1. The molecule has 0 fully saturated rings. The number of hydrogen-bond donors (Lipinski definition) is 2. The van der Waals surface area contributed by atoms with Gasteiger partial charge in [-0.15, -0.1) is 0 Å². The van der Waals surface area contributed by atoms with Gasteiger partial charge >= 0.3 is 0 Å². The first-order chi connectivity index (χ1) is 13.5. The van der Waals surface area contributed by atoms with Crippen molar-refractivity contribution in [3.05, 3.63) is 83.4 Å². The van der Waals surface area contributed by atoms with Gasteiger partial charge in [-0.1, -0.05) is 50.2 Å². The molecule has 0 spiro atoms. The van der Waals surface area contributed by atoms with Crippen molar-refractivity contribution in [3.63, 3.8) is 0 Å². The number of halogens is 1. The summed E-state index contributed by atoms with van der Waals surface area (Å²) in [5.41, 5.74) is 2.72. The van der Waals surface area contributed by atoms with Gasteiger partial charge in [-0.3, -0.25) is 4.79 Å². The van der Waals surface area contributed by atoms with Gasteiger partial charge in [0, 0.05) is 18.4 Å². The van der Waals surface area contributed by atoms with Crippen molar-refractivity contribution in [2.75, 3.05) is 17.2 Å². The Morgan fingerprint density at radius 2 is 1.82 bits per heavy atom. The molecule has 6 heteroatoms. The molecule has 5 nitrogen and oxygen atoms in total. The second kappa shape index (κ2) is 9.08. The quantitative estimate of drug-likeness (QED) is 0.628. The molecule has 0 aliphatic heterocycles. The zero-order valence-electron chi connectivity index (χ0n) is 15.9. The summed E-state index contributed by atoms with van der Waals surface area (Å²) in [6.45, 7) is 4.61. The van der Waals surface area contributed by atoms with Crippen LogP contribution in [-0.2, 0) is 6.42 Å². The van der Waals surface area contributed by atoms with E-state index in [0.717, 1.165) is 11.3 Å². The zero-order chi connectivity index (χ0) is 19.9. The average molecular weight is 378 g/mol. The van der Waals surface area contributed by atoms with Crippen molar-refractivity contribution < 1.29 is 9.18 Å². The van der Waals surface area contributed by atoms with Crippen LogP contribution in [0.25, 0.3) is 0 Å². The maximum Gasteiger partial charge on any atom is 0.274 e. The van der Waals surface area contributed by atoms with Crippen molar-refractivity contribution in [1.29, 1.82) is 0 Å². The van der Waals surface area contributed by atoms with Crippen molar-refractivity contribution in [2.45, 2.75) is 26.2 Å². The van der Waals surface area contributed by atoms with Crippen LogP contribution < -0.4 is 10.6 Å². The van der Waals surface area contributed by atoms with Crippen LogP contribution >= 0.6 is 0 Å². The molecule has 0 aliphatic carbocycles. The summed E-state index contributed by atoms with van der Waals surface area (Å²) in [5, 5.41) is 5.96. The third-order valence-electron chi connectivity index (χ3n) is 4.35. The monoisotopic (exact) mass is 378 g/mol. The number of aromatic nitrogens is 2. The number of rotatable bonds is 7. The van der Waals surface area contributed by atoms with Crippen LogP contribution in [0.1, 0.15) is 41.4 Å². The summed E-state index contributed by atoms with van der Waals surface area (Å²) in [7, 11) is 0. The third kappa shape index (κ3) is 4.91. The molecule has 1 heterocycles. The van der Waals surface area contributed by atoms with Crippen molar-refractivity contribution in [2.24, 2.45) is 0 Å². The molecule has 3 rings (SSSR count). The summed E-state index contributed by atoms with van der Waals surface area (Å²) >= 11 is 0. The second-order valence-corrected chi connectivity index (χ2v) is 6.73.